The Morgan fingerprint density at radius 2 is 1.65 bits per heavy atom. The van der Waals surface area contributed by atoms with Crippen LogP contribution in [-0.4, -0.2) is 30.1 Å². The first-order valence-corrected chi connectivity index (χ1v) is 10.6. The van der Waals surface area contributed by atoms with Crippen molar-refractivity contribution in [1.82, 2.24) is 5.32 Å². The van der Waals surface area contributed by atoms with Gasteiger partial charge in [-0.1, -0.05) is 29.3 Å². The summed E-state index contributed by atoms with van der Waals surface area (Å²) in [6, 6.07) is 14.1. The number of hydrogen-bond donors (Lipinski definition) is 3. The molecule has 0 aliphatic heterocycles. The van der Waals surface area contributed by atoms with Gasteiger partial charge in [-0.25, -0.2) is 14.0 Å². The van der Waals surface area contributed by atoms with Gasteiger partial charge in [-0.05, 0) is 48.5 Å². The molecule has 3 N–H and O–H groups in total. The number of nitrogens with zero attached hydrogens (tertiary/aromatic N) is 2. The second-order valence-electron chi connectivity index (χ2n) is 6.84. The van der Waals surface area contributed by atoms with Crippen LogP contribution >= 0.6 is 23.2 Å². The SMILES string of the molecule is O=C(NCCN(C(=O)Nc1ccc([N+](=O)[O-])cc1)c1ccc(F)cc1)Nc1cccc(Cl)c1Cl. The van der Waals surface area contributed by atoms with Gasteiger partial charge in [0, 0.05) is 36.6 Å². The molecule has 0 aliphatic carbocycles. The van der Waals surface area contributed by atoms with Crippen LogP contribution in [0.4, 0.5) is 36.7 Å². The summed E-state index contributed by atoms with van der Waals surface area (Å²) >= 11 is 12.0. The number of nitrogens with one attached hydrogen (secondary N) is 3. The molecule has 0 spiro atoms. The van der Waals surface area contributed by atoms with E-state index in [1.54, 1.807) is 18.2 Å². The molecule has 0 radical (unpaired) electrons. The van der Waals surface area contributed by atoms with Crippen molar-refractivity contribution in [3.8, 4) is 0 Å². The number of benzene rings is 3. The maximum absolute atomic E-state index is 13.4. The third-order valence-electron chi connectivity index (χ3n) is 4.53. The quantitative estimate of drug-likeness (QED) is 0.273. The van der Waals surface area contributed by atoms with Crippen molar-refractivity contribution in [3.05, 3.63) is 92.7 Å². The van der Waals surface area contributed by atoms with Crippen LogP contribution in [0.15, 0.2) is 66.7 Å². The van der Waals surface area contributed by atoms with Crippen molar-refractivity contribution in [2.75, 3.05) is 28.6 Å². The highest BCUT2D eigenvalue weighted by Gasteiger charge is 2.17. The van der Waals surface area contributed by atoms with E-state index in [1.165, 1.54) is 53.4 Å². The summed E-state index contributed by atoms with van der Waals surface area (Å²) in [6.07, 6.45) is 0. The topological polar surface area (TPSA) is 117 Å². The molecule has 34 heavy (non-hydrogen) atoms. The Morgan fingerprint density at radius 1 is 0.971 bits per heavy atom. The van der Waals surface area contributed by atoms with Gasteiger partial charge in [-0.3, -0.25) is 15.0 Å². The van der Waals surface area contributed by atoms with Crippen LogP contribution in [0.1, 0.15) is 0 Å². The zero-order chi connectivity index (χ0) is 24.7. The first-order chi connectivity index (χ1) is 16.2. The van der Waals surface area contributed by atoms with Crippen LogP contribution in [0.3, 0.4) is 0 Å². The predicted octanol–water partition coefficient (Wildman–Crippen LogP) is 5.90. The van der Waals surface area contributed by atoms with E-state index in [2.05, 4.69) is 16.0 Å². The molecule has 0 unspecified atom stereocenters. The monoisotopic (exact) mass is 505 g/mol. The van der Waals surface area contributed by atoms with E-state index in [0.717, 1.165) is 0 Å². The molecule has 3 rings (SSSR count). The Labute approximate surface area is 203 Å². The third kappa shape index (κ3) is 6.56. The minimum absolute atomic E-state index is 0.0289. The van der Waals surface area contributed by atoms with Crippen molar-refractivity contribution >= 4 is 58.0 Å². The Hall–Kier alpha value is -3.89. The standard InChI is InChI=1S/C22H18Cl2FN5O4/c23-18-2-1-3-19(20(18)24)28-21(31)26-12-13-29(16-8-4-14(25)5-9-16)22(32)27-15-6-10-17(11-7-15)30(33)34/h1-11H,12-13H2,(H,27,32)(H2,26,28,31). The van der Waals surface area contributed by atoms with Crippen molar-refractivity contribution in [2.45, 2.75) is 0 Å². The molecule has 0 aliphatic rings. The molecule has 0 aromatic heterocycles. The third-order valence-corrected chi connectivity index (χ3v) is 5.35. The molecule has 0 atom stereocenters. The summed E-state index contributed by atoms with van der Waals surface area (Å²) in [5.74, 6) is -0.476. The van der Waals surface area contributed by atoms with Gasteiger partial charge < -0.3 is 16.0 Å². The lowest BCUT2D eigenvalue weighted by Gasteiger charge is -2.23. The molecule has 0 bridgehead atoms. The molecule has 0 saturated heterocycles. The van der Waals surface area contributed by atoms with Gasteiger partial charge in [0.15, 0.2) is 0 Å². The van der Waals surface area contributed by atoms with Gasteiger partial charge in [0.05, 0.1) is 20.7 Å². The number of rotatable bonds is 7. The van der Waals surface area contributed by atoms with Gasteiger partial charge in [0.25, 0.3) is 5.69 Å². The molecular formula is C22H18Cl2FN5O4. The molecular weight excluding hydrogens is 488 g/mol. The van der Waals surface area contributed by atoms with E-state index in [4.69, 9.17) is 23.2 Å². The van der Waals surface area contributed by atoms with E-state index in [0.29, 0.717) is 17.1 Å². The molecule has 3 aromatic carbocycles. The van der Waals surface area contributed by atoms with Crippen LogP contribution in [0.5, 0.6) is 0 Å². The lowest BCUT2D eigenvalue weighted by Crippen LogP contribution is -2.42. The number of carbonyl (C=O) groups excluding carboxylic acids is 2. The number of urea groups is 2. The number of hydrogen-bond acceptors (Lipinski definition) is 4. The highest BCUT2D eigenvalue weighted by atomic mass is 35.5. The largest absolute Gasteiger partial charge is 0.336 e. The highest BCUT2D eigenvalue weighted by molar-refractivity contribution is 6.43. The molecule has 0 saturated carbocycles. The summed E-state index contributed by atoms with van der Waals surface area (Å²) < 4.78 is 13.4. The number of anilines is 3. The predicted molar refractivity (Wildman–Crippen MR) is 129 cm³/mol. The van der Waals surface area contributed by atoms with Crippen molar-refractivity contribution in [1.29, 1.82) is 0 Å². The van der Waals surface area contributed by atoms with E-state index in [1.807, 2.05) is 0 Å². The second kappa shape index (κ2) is 11.3. The maximum Gasteiger partial charge on any atom is 0.326 e. The average molecular weight is 506 g/mol. The van der Waals surface area contributed by atoms with E-state index < -0.39 is 22.8 Å². The molecule has 176 valence electrons. The van der Waals surface area contributed by atoms with Gasteiger partial charge in [0.2, 0.25) is 0 Å². The first kappa shape index (κ1) is 24.7. The Morgan fingerprint density at radius 3 is 2.29 bits per heavy atom. The number of non-ortho nitro benzene ring substituents is 1. The van der Waals surface area contributed by atoms with Gasteiger partial charge >= 0.3 is 12.1 Å². The van der Waals surface area contributed by atoms with Crippen LogP contribution < -0.4 is 20.9 Å². The van der Waals surface area contributed by atoms with Crippen LogP contribution in [0.25, 0.3) is 0 Å². The van der Waals surface area contributed by atoms with E-state index in [-0.39, 0.29) is 28.8 Å². The number of amides is 4. The molecule has 0 heterocycles. The molecule has 12 heteroatoms. The van der Waals surface area contributed by atoms with Gasteiger partial charge in [-0.2, -0.15) is 0 Å². The van der Waals surface area contributed by atoms with Crippen molar-refractivity contribution in [2.24, 2.45) is 0 Å². The zero-order valence-electron chi connectivity index (χ0n) is 17.4. The Bertz CT molecular complexity index is 1190. The summed E-state index contributed by atoms with van der Waals surface area (Å²) in [5.41, 5.74) is 0.895. The van der Waals surface area contributed by atoms with Crippen molar-refractivity contribution in [3.63, 3.8) is 0 Å². The number of nitro groups is 1. The Kier molecular flexibility index (Phi) is 8.23. The lowest BCUT2D eigenvalue weighted by molar-refractivity contribution is -0.384. The number of carbonyl (C=O) groups is 2. The average Bonchev–Trinajstić information content (AvgIpc) is 2.81. The van der Waals surface area contributed by atoms with E-state index >= 15 is 0 Å². The molecule has 9 nitrogen and oxygen atoms in total. The molecule has 0 fully saturated rings. The second-order valence-corrected chi connectivity index (χ2v) is 7.63. The fourth-order valence-electron chi connectivity index (χ4n) is 2.87. The molecule has 4 amide bonds. The van der Waals surface area contributed by atoms with Crippen LogP contribution in [0, 0.1) is 15.9 Å². The summed E-state index contributed by atoms with van der Waals surface area (Å²) in [7, 11) is 0. The first-order valence-electron chi connectivity index (χ1n) is 9.82. The summed E-state index contributed by atoms with van der Waals surface area (Å²) in [4.78, 5) is 36.7. The number of halogens is 3. The fraction of sp³-hybridized carbons (Fsp3) is 0.0909. The van der Waals surface area contributed by atoms with Crippen LogP contribution in [-0.2, 0) is 0 Å². The zero-order valence-corrected chi connectivity index (χ0v) is 18.9. The minimum atomic E-state index is -0.583. The van der Waals surface area contributed by atoms with Crippen LogP contribution in [0.2, 0.25) is 10.0 Å². The smallest absolute Gasteiger partial charge is 0.326 e. The lowest BCUT2D eigenvalue weighted by atomic mass is 10.2. The van der Waals surface area contributed by atoms with Gasteiger partial charge in [-0.15, -0.1) is 0 Å². The summed E-state index contributed by atoms with van der Waals surface area (Å²) in [6.45, 7) is 0.0657. The highest BCUT2D eigenvalue weighted by Crippen LogP contribution is 2.29. The maximum atomic E-state index is 13.4. The normalized spacial score (nSPS) is 10.3. The molecule has 3 aromatic rings. The Balaban J connectivity index is 1.66. The van der Waals surface area contributed by atoms with Gasteiger partial charge in [0.1, 0.15) is 5.82 Å². The minimum Gasteiger partial charge on any atom is -0.336 e. The van der Waals surface area contributed by atoms with Crippen molar-refractivity contribution < 1.29 is 18.9 Å². The van der Waals surface area contributed by atoms with E-state index in [9.17, 15) is 24.1 Å². The summed E-state index contributed by atoms with van der Waals surface area (Å²) in [5, 5.41) is 19.1. The fourth-order valence-corrected chi connectivity index (χ4v) is 3.22. The number of nitro benzene ring substituents is 1.